The Morgan fingerprint density at radius 3 is 3.04 bits per heavy atom. The molecule has 0 saturated carbocycles. The van der Waals surface area contributed by atoms with Crippen LogP contribution >= 0.6 is 0 Å². The lowest BCUT2D eigenvalue weighted by atomic mass is 10.1. The third-order valence-electron chi connectivity index (χ3n) is 4.51. The number of pyridine rings is 1. The maximum atomic E-state index is 6.12. The van der Waals surface area contributed by atoms with Crippen molar-refractivity contribution in [2.75, 3.05) is 24.1 Å². The van der Waals surface area contributed by atoms with E-state index in [4.69, 9.17) is 10.5 Å². The molecule has 1 unspecified atom stereocenters. The number of nitrogens with two attached hydrogens (primary N) is 1. The van der Waals surface area contributed by atoms with E-state index in [0.29, 0.717) is 17.4 Å². The van der Waals surface area contributed by atoms with Crippen LogP contribution < -0.4 is 21.1 Å². The molecule has 1 saturated heterocycles. The molecule has 0 bridgehead atoms. The maximum Gasteiger partial charge on any atom is 0.238 e. The van der Waals surface area contributed by atoms with Gasteiger partial charge in [-0.3, -0.25) is 0 Å². The van der Waals surface area contributed by atoms with Gasteiger partial charge in [0, 0.05) is 23.8 Å². The molecule has 134 valence electrons. The van der Waals surface area contributed by atoms with Gasteiger partial charge < -0.3 is 21.1 Å². The van der Waals surface area contributed by atoms with Crippen LogP contribution in [0.5, 0.6) is 5.88 Å². The van der Waals surface area contributed by atoms with Crippen molar-refractivity contribution in [3.8, 4) is 5.88 Å². The van der Waals surface area contributed by atoms with Crippen LogP contribution in [0.1, 0.15) is 18.4 Å². The van der Waals surface area contributed by atoms with E-state index in [2.05, 4.69) is 25.6 Å². The van der Waals surface area contributed by atoms with Gasteiger partial charge in [-0.05, 0) is 56.1 Å². The molecule has 1 aromatic carbocycles. The molecule has 3 aromatic rings. The van der Waals surface area contributed by atoms with Crippen LogP contribution in [0.3, 0.4) is 0 Å². The van der Waals surface area contributed by atoms with Crippen molar-refractivity contribution in [1.82, 2.24) is 20.3 Å². The lowest BCUT2D eigenvalue weighted by Gasteiger charge is -2.24. The second kappa shape index (κ2) is 7.13. The number of hydrogen-bond acceptors (Lipinski definition) is 7. The Morgan fingerprint density at radius 1 is 1.27 bits per heavy atom. The van der Waals surface area contributed by atoms with Crippen molar-refractivity contribution in [1.29, 1.82) is 0 Å². The molecule has 0 radical (unpaired) electrons. The fraction of sp³-hybridized carbons (Fsp3) is 0.316. The van der Waals surface area contributed by atoms with Crippen LogP contribution in [0.2, 0.25) is 0 Å². The Hall–Kier alpha value is -2.93. The number of ether oxygens (including phenoxy) is 1. The maximum absolute atomic E-state index is 6.12. The zero-order valence-electron chi connectivity index (χ0n) is 14.7. The highest BCUT2D eigenvalue weighted by molar-refractivity contribution is 5.95. The molecular formula is C19H22N6O. The minimum atomic E-state index is 0.128. The standard InChI is InChI=1S/C19H22N6O/c1-12-8-13(20)9-16-17(12)18(24-11-23-16)25-15-5-3-7-22-19(15)26-14-4-2-6-21-10-14/h3,5,7-9,11,14,21H,2,4,6,10,20H2,1H3,(H,23,24,25). The number of anilines is 3. The monoisotopic (exact) mass is 350 g/mol. The number of nitrogens with zero attached hydrogens (tertiary/aromatic N) is 3. The van der Waals surface area contributed by atoms with Gasteiger partial charge in [-0.1, -0.05) is 0 Å². The van der Waals surface area contributed by atoms with Gasteiger partial charge in [0.2, 0.25) is 5.88 Å². The lowest BCUT2D eigenvalue weighted by Crippen LogP contribution is -2.37. The molecule has 0 amide bonds. The highest BCUT2D eigenvalue weighted by atomic mass is 16.5. The number of fused-ring (bicyclic) bond motifs is 1. The summed E-state index contributed by atoms with van der Waals surface area (Å²) in [6.45, 7) is 3.88. The summed E-state index contributed by atoms with van der Waals surface area (Å²) in [5.41, 5.74) is 9.24. The summed E-state index contributed by atoms with van der Waals surface area (Å²) in [6.07, 6.45) is 5.53. The zero-order chi connectivity index (χ0) is 17.9. The summed E-state index contributed by atoms with van der Waals surface area (Å²) in [5, 5.41) is 7.66. The van der Waals surface area contributed by atoms with Crippen LogP contribution in [-0.4, -0.2) is 34.1 Å². The molecule has 4 rings (SSSR count). The first-order chi connectivity index (χ1) is 12.7. The molecule has 0 aliphatic carbocycles. The van der Waals surface area contributed by atoms with Gasteiger partial charge in [-0.25, -0.2) is 15.0 Å². The van der Waals surface area contributed by atoms with Gasteiger partial charge in [-0.2, -0.15) is 0 Å². The SMILES string of the molecule is Cc1cc(N)cc2ncnc(Nc3cccnc3OC3CCCNC3)c12. The Kier molecular flexibility index (Phi) is 4.53. The minimum absolute atomic E-state index is 0.128. The van der Waals surface area contributed by atoms with Crippen LogP contribution in [-0.2, 0) is 0 Å². The van der Waals surface area contributed by atoms with Gasteiger partial charge in [-0.15, -0.1) is 0 Å². The molecule has 26 heavy (non-hydrogen) atoms. The van der Waals surface area contributed by atoms with Crippen molar-refractivity contribution in [2.45, 2.75) is 25.9 Å². The van der Waals surface area contributed by atoms with E-state index in [0.717, 1.165) is 48.1 Å². The van der Waals surface area contributed by atoms with E-state index in [1.165, 1.54) is 6.33 Å². The van der Waals surface area contributed by atoms with Crippen molar-refractivity contribution in [3.63, 3.8) is 0 Å². The number of nitrogen functional groups attached to an aromatic ring is 1. The summed E-state index contributed by atoms with van der Waals surface area (Å²) >= 11 is 0. The summed E-state index contributed by atoms with van der Waals surface area (Å²) < 4.78 is 6.12. The van der Waals surface area contributed by atoms with Crippen molar-refractivity contribution < 1.29 is 4.74 Å². The van der Waals surface area contributed by atoms with Gasteiger partial charge in [0.15, 0.2) is 0 Å². The molecule has 1 aliphatic rings. The lowest BCUT2D eigenvalue weighted by molar-refractivity contribution is 0.161. The quantitative estimate of drug-likeness (QED) is 0.622. The fourth-order valence-corrected chi connectivity index (χ4v) is 3.30. The van der Waals surface area contributed by atoms with Crippen LogP contribution in [0, 0.1) is 6.92 Å². The van der Waals surface area contributed by atoms with Gasteiger partial charge in [0.1, 0.15) is 23.9 Å². The van der Waals surface area contributed by atoms with Crippen molar-refractivity contribution in [2.24, 2.45) is 0 Å². The topological polar surface area (TPSA) is 98.0 Å². The first-order valence-corrected chi connectivity index (χ1v) is 8.81. The molecule has 2 aromatic heterocycles. The van der Waals surface area contributed by atoms with Gasteiger partial charge >= 0.3 is 0 Å². The summed E-state index contributed by atoms with van der Waals surface area (Å²) in [6, 6.07) is 7.59. The molecular weight excluding hydrogens is 328 g/mol. The highest BCUT2D eigenvalue weighted by Crippen LogP contribution is 2.31. The number of aryl methyl sites for hydroxylation is 1. The number of nitrogens with one attached hydrogen (secondary N) is 2. The summed E-state index contributed by atoms with van der Waals surface area (Å²) in [4.78, 5) is 13.2. The second-order valence-electron chi connectivity index (χ2n) is 6.52. The fourth-order valence-electron chi connectivity index (χ4n) is 3.30. The Labute approximate surface area is 152 Å². The van der Waals surface area contributed by atoms with E-state index in [1.54, 1.807) is 6.20 Å². The van der Waals surface area contributed by atoms with E-state index < -0.39 is 0 Å². The molecule has 4 N–H and O–H groups in total. The van der Waals surface area contributed by atoms with E-state index in [1.807, 2.05) is 31.2 Å². The average Bonchev–Trinajstić information content (AvgIpc) is 2.64. The molecule has 7 nitrogen and oxygen atoms in total. The normalized spacial score (nSPS) is 17.2. The van der Waals surface area contributed by atoms with Gasteiger partial charge in [0.25, 0.3) is 0 Å². The predicted octanol–water partition coefficient (Wildman–Crippen LogP) is 2.79. The predicted molar refractivity (Wildman–Crippen MR) is 103 cm³/mol. The molecule has 0 spiro atoms. The first-order valence-electron chi connectivity index (χ1n) is 8.81. The molecule has 1 aliphatic heterocycles. The molecule has 3 heterocycles. The highest BCUT2D eigenvalue weighted by Gasteiger charge is 2.18. The van der Waals surface area contributed by atoms with E-state index in [-0.39, 0.29) is 6.10 Å². The summed E-state index contributed by atoms with van der Waals surface area (Å²) in [7, 11) is 0. The van der Waals surface area contributed by atoms with Crippen LogP contribution in [0.25, 0.3) is 10.9 Å². The largest absolute Gasteiger partial charge is 0.472 e. The number of hydrogen-bond donors (Lipinski definition) is 3. The Balaban J connectivity index is 1.67. The minimum Gasteiger partial charge on any atom is -0.472 e. The summed E-state index contributed by atoms with van der Waals surface area (Å²) in [5.74, 6) is 1.30. The molecule has 1 atom stereocenters. The molecule has 1 fully saturated rings. The van der Waals surface area contributed by atoms with Crippen molar-refractivity contribution in [3.05, 3.63) is 42.4 Å². The van der Waals surface area contributed by atoms with E-state index in [9.17, 15) is 0 Å². The molecule has 7 heteroatoms. The van der Waals surface area contributed by atoms with Gasteiger partial charge in [0.05, 0.1) is 5.52 Å². The first kappa shape index (κ1) is 16.5. The van der Waals surface area contributed by atoms with Crippen LogP contribution in [0.15, 0.2) is 36.8 Å². The number of benzene rings is 1. The Morgan fingerprint density at radius 2 is 2.19 bits per heavy atom. The number of rotatable bonds is 4. The van der Waals surface area contributed by atoms with E-state index >= 15 is 0 Å². The zero-order valence-corrected chi connectivity index (χ0v) is 14.7. The second-order valence-corrected chi connectivity index (χ2v) is 6.52. The number of piperidine rings is 1. The smallest absolute Gasteiger partial charge is 0.238 e. The van der Waals surface area contributed by atoms with Crippen molar-refractivity contribution >= 4 is 28.1 Å². The number of aromatic nitrogens is 3. The Bertz CT molecular complexity index is 923. The third kappa shape index (κ3) is 3.39. The average molecular weight is 350 g/mol. The van der Waals surface area contributed by atoms with Crippen LogP contribution in [0.4, 0.5) is 17.2 Å². The third-order valence-corrected chi connectivity index (χ3v) is 4.51.